The smallest absolute Gasteiger partial charge is 0.251 e. The van der Waals surface area contributed by atoms with Gasteiger partial charge in [0.05, 0.1) is 10.8 Å². The molecule has 2 heterocycles. The minimum atomic E-state index is -3.68. The van der Waals surface area contributed by atoms with Crippen LogP contribution in [0.3, 0.4) is 0 Å². The van der Waals surface area contributed by atoms with Crippen LogP contribution in [0.2, 0.25) is 0 Å². The Bertz CT molecular complexity index is 863. The van der Waals surface area contributed by atoms with E-state index in [1.165, 1.54) is 28.5 Å². The second-order valence-corrected chi connectivity index (χ2v) is 11.8. The van der Waals surface area contributed by atoms with Gasteiger partial charge in [-0.15, -0.1) is 11.8 Å². The molecule has 0 N–H and O–H groups in total. The molecule has 0 radical (unpaired) electrons. The first-order valence-corrected chi connectivity index (χ1v) is 13.0. The summed E-state index contributed by atoms with van der Waals surface area (Å²) in [6.45, 7) is 0.569. The fourth-order valence-electron chi connectivity index (χ4n) is 4.20. The number of hydrogen-bond acceptors (Lipinski definition) is 4. The fraction of sp³-hybridized carbons (Fsp3) is 0.667. The van der Waals surface area contributed by atoms with E-state index in [0.717, 1.165) is 4.90 Å². The number of halogens is 2. The van der Waals surface area contributed by atoms with Crippen LogP contribution >= 0.6 is 11.8 Å². The van der Waals surface area contributed by atoms with Gasteiger partial charge in [-0.1, -0.05) is 6.42 Å². The van der Waals surface area contributed by atoms with Gasteiger partial charge >= 0.3 is 0 Å². The zero-order valence-electron chi connectivity index (χ0n) is 16.9. The Morgan fingerprint density at radius 3 is 2.27 bits per heavy atom. The van der Waals surface area contributed by atoms with Crippen LogP contribution in [0.1, 0.15) is 44.9 Å². The maximum absolute atomic E-state index is 13.4. The standard InChI is InChI=1S/C21H28F2N2O3S2/c22-21(23)10-13-24(14-11-21)20(26)16-3-2-12-25(15-16)30(27,28)19-8-6-18(7-9-19)29-17-4-1-5-17/h6-9,16-17H,1-5,10-15H2/t16-/m1/s1. The summed E-state index contributed by atoms with van der Waals surface area (Å²) in [4.78, 5) is 15.6. The number of carbonyl (C=O) groups is 1. The maximum Gasteiger partial charge on any atom is 0.251 e. The molecule has 3 aliphatic rings. The number of nitrogens with zero attached hydrogens (tertiary/aromatic N) is 2. The molecule has 1 atom stereocenters. The highest BCUT2D eigenvalue weighted by molar-refractivity contribution is 8.00. The molecule has 2 aliphatic heterocycles. The summed E-state index contributed by atoms with van der Waals surface area (Å²) in [5.41, 5.74) is 0. The molecule has 2 saturated heterocycles. The van der Waals surface area contributed by atoms with Crippen molar-refractivity contribution in [2.24, 2.45) is 5.92 Å². The molecule has 1 saturated carbocycles. The molecule has 4 rings (SSSR count). The number of alkyl halides is 2. The molecular weight excluding hydrogens is 430 g/mol. The lowest BCUT2D eigenvalue weighted by Gasteiger charge is -2.37. The van der Waals surface area contributed by atoms with E-state index in [9.17, 15) is 22.0 Å². The van der Waals surface area contributed by atoms with E-state index < -0.39 is 21.9 Å². The minimum absolute atomic E-state index is 0.0369. The highest BCUT2D eigenvalue weighted by atomic mass is 32.2. The Balaban J connectivity index is 1.39. The maximum atomic E-state index is 13.4. The predicted octanol–water partition coefficient (Wildman–Crippen LogP) is 3.99. The number of benzene rings is 1. The summed E-state index contributed by atoms with van der Waals surface area (Å²) in [6, 6.07) is 7.01. The van der Waals surface area contributed by atoms with E-state index in [1.807, 2.05) is 12.1 Å². The molecule has 1 aromatic rings. The van der Waals surface area contributed by atoms with Crippen LogP contribution in [-0.2, 0) is 14.8 Å². The molecule has 30 heavy (non-hydrogen) atoms. The van der Waals surface area contributed by atoms with Crippen molar-refractivity contribution in [1.29, 1.82) is 0 Å². The Morgan fingerprint density at radius 2 is 1.67 bits per heavy atom. The summed E-state index contributed by atoms with van der Waals surface area (Å²) in [6.07, 6.45) is 4.23. The number of amides is 1. The molecule has 0 aromatic heterocycles. The summed E-state index contributed by atoms with van der Waals surface area (Å²) in [7, 11) is -3.68. The third-order valence-corrected chi connectivity index (χ3v) is 9.58. The van der Waals surface area contributed by atoms with Gasteiger partial charge in [-0.2, -0.15) is 4.31 Å². The van der Waals surface area contributed by atoms with Crippen LogP contribution in [0.5, 0.6) is 0 Å². The van der Waals surface area contributed by atoms with Gasteiger partial charge in [-0.25, -0.2) is 17.2 Å². The number of thioether (sulfide) groups is 1. The molecule has 0 spiro atoms. The average molecular weight is 459 g/mol. The van der Waals surface area contributed by atoms with Crippen LogP contribution in [-0.4, -0.2) is 60.9 Å². The second kappa shape index (κ2) is 8.74. The zero-order valence-corrected chi connectivity index (χ0v) is 18.6. The lowest BCUT2D eigenvalue weighted by molar-refractivity contribution is -0.142. The second-order valence-electron chi connectivity index (χ2n) is 8.53. The number of likely N-dealkylation sites (tertiary alicyclic amines) is 1. The van der Waals surface area contributed by atoms with Gasteiger partial charge in [0.1, 0.15) is 0 Å². The number of sulfonamides is 1. The molecule has 166 valence electrons. The third kappa shape index (κ3) is 4.83. The molecule has 0 bridgehead atoms. The van der Waals surface area contributed by atoms with Gasteiger partial charge in [0.2, 0.25) is 15.9 Å². The van der Waals surface area contributed by atoms with Gasteiger partial charge in [0.15, 0.2) is 0 Å². The fourth-order valence-corrected chi connectivity index (χ4v) is 6.97. The lowest BCUT2D eigenvalue weighted by Crippen LogP contribution is -2.49. The van der Waals surface area contributed by atoms with Gasteiger partial charge < -0.3 is 4.90 Å². The predicted molar refractivity (Wildman–Crippen MR) is 112 cm³/mol. The Labute approximate surface area is 181 Å². The highest BCUT2D eigenvalue weighted by Gasteiger charge is 2.39. The minimum Gasteiger partial charge on any atom is -0.342 e. The molecule has 1 aliphatic carbocycles. The first kappa shape index (κ1) is 22.0. The van der Waals surface area contributed by atoms with Crippen molar-refractivity contribution < 1.29 is 22.0 Å². The lowest BCUT2D eigenvalue weighted by atomic mass is 9.96. The summed E-state index contributed by atoms with van der Waals surface area (Å²) >= 11 is 1.79. The van der Waals surface area contributed by atoms with Crippen LogP contribution in [0.25, 0.3) is 0 Å². The molecule has 3 fully saturated rings. The van der Waals surface area contributed by atoms with Crippen molar-refractivity contribution in [2.75, 3.05) is 26.2 Å². The molecular formula is C21H28F2N2O3S2. The quantitative estimate of drug-likeness (QED) is 0.670. The van der Waals surface area contributed by atoms with Gasteiger partial charge in [-0.3, -0.25) is 4.79 Å². The van der Waals surface area contributed by atoms with Crippen molar-refractivity contribution in [2.45, 2.75) is 65.9 Å². The summed E-state index contributed by atoms with van der Waals surface area (Å²) in [5, 5.41) is 0.635. The van der Waals surface area contributed by atoms with Crippen LogP contribution in [0, 0.1) is 5.92 Å². The molecule has 5 nitrogen and oxygen atoms in total. The zero-order chi connectivity index (χ0) is 21.4. The van der Waals surface area contributed by atoms with Crippen molar-refractivity contribution in [1.82, 2.24) is 9.21 Å². The van der Waals surface area contributed by atoms with Gasteiger partial charge in [0, 0.05) is 49.2 Å². The normalized spacial score (nSPS) is 25.7. The van der Waals surface area contributed by atoms with Crippen molar-refractivity contribution in [3.8, 4) is 0 Å². The van der Waals surface area contributed by atoms with Crippen LogP contribution in [0.4, 0.5) is 8.78 Å². The molecule has 1 aromatic carbocycles. The number of rotatable bonds is 5. The van der Waals surface area contributed by atoms with E-state index in [2.05, 4.69) is 0 Å². The van der Waals surface area contributed by atoms with E-state index in [0.29, 0.717) is 24.6 Å². The van der Waals surface area contributed by atoms with Crippen molar-refractivity contribution in [3.05, 3.63) is 24.3 Å². The number of carbonyl (C=O) groups excluding carboxylic acids is 1. The van der Waals surface area contributed by atoms with E-state index in [1.54, 1.807) is 23.9 Å². The first-order valence-electron chi connectivity index (χ1n) is 10.7. The van der Waals surface area contributed by atoms with E-state index >= 15 is 0 Å². The number of piperidine rings is 2. The van der Waals surface area contributed by atoms with E-state index in [-0.39, 0.29) is 43.3 Å². The summed E-state index contributed by atoms with van der Waals surface area (Å²) in [5.74, 6) is -3.37. The van der Waals surface area contributed by atoms with Crippen LogP contribution in [0.15, 0.2) is 34.1 Å². The Kier molecular flexibility index (Phi) is 6.42. The van der Waals surface area contributed by atoms with Crippen LogP contribution < -0.4 is 0 Å². The SMILES string of the molecule is O=C([C@@H]1CCCN(S(=O)(=O)c2ccc(SC3CCC3)cc2)C1)N1CCC(F)(F)CC1. The van der Waals surface area contributed by atoms with Gasteiger partial charge in [0.25, 0.3) is 5.92 Å². The molecule has 1 amide bonds. The Hall–Kier alpha value is -1.19. The molecule has 9 heteroatoms. The van der Waals surface area contributed by atoms with Gasteiger partial charge in [-0.05, 0) is 49.9 Å². The van der Waals surface area contributed by atoms with Crippen molar-refractivity contribution in [3.63, 3.8) is 0 Å². The third-order valence-electron chi connectivity index (χ3n) is 6.36. The summed E-state index contributed by atoms with van der Waals surface area (Å²) < 4.78 is 54.4. The van der Waals surface area contributed by atoms with E-state index in [4.69, 9.17) is 0 Å². The first-order chi connectivity index (χ1) is 14.2. The monoisotopic (exact) mass is 458 g/mol. The highest BCUT2D eigenvalue weighted by Crippen LogP contribution is 2.37. The topological polar surface area (TPSA) is 57.7 Å². The largest absolute Gasteiger partial charge is 0.342 e. The van der Waals surface area contributed by atoms with Crippen molar-refractivity contribution >= 4 is 27.7 Å². The average Bonchev–Trinajstić information content (AvgIpc) is 2.71. The molecule has 0 unspecified atom stereocenters. The Morgan fingerprint density at radius 1 is 1.00 bits per heavy atom. The number of hydrogen-bond donors (Lipinski definition) is 0.